The van der Waals surface area contributed by atoms with Crippen LogP contribution in [0.1, 0.15) is 24.3 Å². The minimum absolute atomic E-state index is 0.135. The first-order chi connectivity index (χ1) is 10.6. The number of hydrogen-bond donors (Lipinski definition) is 2. The van der Waals surface area contributed by atoms with E-state index in [1.165, 1.54) is 24.3 Å². The number of nitrogens with one attached hydrogen (secondary N) is 2. The van der Waals surface area contributed by atoms with Crippen molar-refractivity contribution in [3.63, 3.8) is 0 Å². The molecule has 1 aromatic carbocycles. The topological polar surface area (TPSA) is 75.3 Å². The van der Waals surface area contributed by atoms with Crippen LogP contribution in [0.3, 0.4) is 0 Å². The van der Waals surface area contributed by atoms with E-state index in [9.17, 15) is 18.8 Å². The van der Waals surface area contributed by atoms with Crippen LogP contribution < -0.4 is 10.6 Å². The number of carbonyl (C=O) groups excluding carboxylic acids is 3. The maximum atomic E-state index is 13.0. The van der Waals surface area contributed by atoms with Crippen molar-refractivity contribution in [3.8, 4) is 0 Å². The van der Waals surface area contributed by atoms with E-state index in [0.29, 0.717) is 18.0 Å². The van der Waals surface area contributed by atoms with Gasteiger partial charge in [0.2, 0.25) is 11.7 Å². The lowest BCUT2D eigenvalue weighted by atomic mass is 9.85. The van der Waals surface area contributed by atoms with E-state index in [1.807, 2.05) is 0 Å². The Kier molecular flexibility index (Phi) is 3.92. The van der Waals surface area contributed by atoms with E-state index in [4.69, 9.17) is 0 Å². The van der Waals surface area contributed by atoms with Gasteiger partial charge in [-0.15, -0.1) is 0 Å². The molecule has 1 saturated carbocycles. The Balaban J connectivity index is 1.73. The van der Waals surface area contributed by atoms with E-state index in [1.54, 1.807) is 0 Å². The van der Waals surface area contributed by atoms with Gasteiger partial charge in [0.05, 0.1) is 11.8 Å². The SMILES string of the molecule is O=C(NCC1CC1)C(=O)C1CNC(=O)[C@@H]1c1ccc(F)cc1. The minimum Gasteiger partial charge on any atom is -0.355 e. The molecule has 2 fully saturated rings. The molecule has 2 amide bonds. The fourth-order valence-electron chi connectivity index (χ4n) is 2.73. The molecule has 0 spiro atoms. The van der Waals surface area contributed by atoms with Gasteiger partial charge in [-0.25, -0.2) is 4.39 Å². The third-order valence-electron chi connectivity index (χ3n) is 4.22. The Morgan fingerprint density at radius 3 is 2.55 bits per heavy atom. The average molecular weight is 304 g/mol. The molecule has 1 aliphatic heterocycles. The molecular weight excluding hydrogens is 287 g/mol. The summed E-state index contributed by atoms with van der Waals surface area (Å²) in [6.45, 7) is 0.649. The highest BCUT2D eigenvalue weighted by Crippen LogP contribution is 2.30. The third kappa shape index (κ3) is 3.00. The molecule has 116 valence electrons. The monoisotopic (exact) mass is 304 g/mol. The second kappa shape index (κ2) is 5.87. The van der Waals surface area contributed by atoms with Crippen molar-refractivity contribution in [2.24, 2.45) is 11.8 Å². The molecule has 1 saturated heterocycles. The quantitative estimate of drug-likeness (QED) is 0.788. The predicted molar refractivity (Wildman–Crippen MR) is 76.4 cm³/mol. The molecule has 1 heterocycles. The van der Waals surface area contributed by atoms with Gasteiger partial charge in [0.1, 0.15) is 5.82 Å². The molecule has 6 heteroatoms. The molecule has 3 rings (SSSR count). The Morgan fingerprint density at radius 2 is 1.91 bits per heavy atom. The number of ketones is 1. The van der Waals surface area contributed by atoms with Gasteiger partial charge < -0.3 is 10.6 Å². The van der Waals surface area contributed by atoms with Crippen LogP contribution in [0.2, 0.25) is 0 Å². The first-order valence-corrected chi connectivity index (χ1v) is 7.41. The summed E-state index contributed by atoms with van der Waals surface area (Å²) < 4.78 is 13.0. The molecule has 0 bridgehead atoms. The zero-order chi connectivity index (χ0) is 15.7. The van der Waals surface area contributed by atoms with E-state index in [2.05, 4.69) is 10.6 Å². The number of Topliss-reactive ketones (excluding diaryl/α,β-unsaturated/α-hetero) is 1. The molecule has 0 radical (unpaired) electrons. The Labute approximate surface area is 127 Å². The Bertz CT molecular complexity index is 610. The van der Waals surface area contributed by atoms with Crippen LogP contribution >= 0.6 is 0 Å². The van der Waals surface area contributed by atoms with E-state index >= 15 is 0 Å². The number of amides is 2. The number of carbonyl (C=O) groups is 3. The summed E-state index contributed by atoms with van der Waals surface area (Å²) in [5.74, 6) is -2.94. The van der Waals surface area contributed by atoms with Crippen LogP contribution in [-0.2, 0) is 14.4 Å². The summed E-state index contributed by atoms with van der Waals surface area (Å²) in [5.41, 5.74) is 0.546. The molecule has 1 aromatic rings. The van der Waals surface area contributed by atoms with Crippen molar-refractivity contribution in [3.05, 3.63) is 35.6 Å². The standard InChI is InChI=1S/C16H17FN2O3/c17-11-5-3-10(4-6-11)13-12(8-19-15(13)21)14(20)16(22)18-7-9-1-2-9/h3-6,9,12-13H,1-2,7-8H2,(H,18,22)(H,19,21)/t12?,13-/m1/s1. The van der Waals surface area contributed by atoms with Crippen molar-refractivity contribution in [2.45, 2.75) is 18.8 Å². The highest BCUT2D eigenvalue weighted by molar-refractivity contribution is 6.38. The smallest absolute Gasteiger partial charge is 0.287 e. The molecule has 1 aliphatic carbocycles. The van der Waals surface area contributed by atoms with Gasteiger partial charge in [-0.3, -0.25) is 14.4 Å². The third-order valence-corrected chi connectivity index (χ3v) is 4.22. The van der Waals surface area contributed by atoms with Gasteiger partial charge in [0, 0.05) is 13.1 Å². The van der Waals surface area contributed by atoms with Crippen molar-refractivity contribution in [1.82, 2.24) is 10.6 Å². The molecule has 1 unspecified atom stereocenters. The average Bonchev–Trinajstić information content (AvgIpc) is 3.27. The van der Waals surface area contributed by atoms with Crippen molar-refractivity contribution >= 4 is 17.6 Å². The molecular formula is C16H17FN2O3. The maximum Gasteiger partial charge on any atom is 0.287 e. The Hall–Kier alpha value is -2.24. The van der Waals surface area contributed by atoms with Crippen LogP contribution in [0.25, 0.3) is 0 Å². The van der Waals surface area contributed by atoms with Crippen LogP contribution in [0.5, 0.6) is 0 Å². The fraction of sp³-hybridized carbons (Fsp3) is 0.438. The second-order valence-corrected chi connectivity index (χ2v) is 5.90. The molecule has 2 atom stereocenters. The normalized spacial score (nSPS) is 24.0. The van der Waals surface area contributed by atoms with Crippen molar-refractivity contribution in [1.29, 1.82) is 0 Å². The summed E-state index contributed by atoms with van der Waals surface area (Å²) >= 11 is 0. The van der Waals surface area contributed by atoms with Gasteiger partial charge in [-0.2, -0.15) is 0 Å². The summed E-state index contributed by atoms with van der Waals surface area (Å²) in [6.07, 6.45) is 2.16. The number of halogens is 1. The van der Waals surface area contributed by atoms with Crippen molar-refractivity contribution in [2.75, 3.05) is 13.1 Å². The van der Waals surface area contributed by atoms with Gasteiger partial charge in [-0.05, 0) is 36.5 Å². The lowest BCUT2D eigenvalue weighted by Crippen LogP contribution is -2.38. The lowest BCUT2D eigenvalue weighted by molar-refractivity contribution is -0.140. The lowest BCUT2D eigenvalue weighted by Gasteiger charge is -2.15. The van der Waals surface area contributed by atoms with Crippen LogP contribution in [0.15, 0.2) is 24.3 Å². The van der Waals surface area contributed by atoms with Crippen molar-refractivity contribution < 1.29 is 18.8 Å². The maximum absolute atomic E-state index is 13.0. The number of benzene rings is 1. The van der Waals surface area contributed by atoms with E-state index in [-0.39, 0.29) is 12.5 Å². The van der Waals surface area contributed by atoms with Gasteiger partial charge in [0.15, 0.2) is 0 Å². The highest BCUT2D eigenvalue weighted by Gasteiger charge is 2.42. The molecule has 2 aliphatic rings. The summed E-state index contributed by atoms with van der Waals surface area (Å²) in [7, 11) is 0. The zero-order valence-corrected chi connectivity index (χ0v) is 12.0. The number of rotatable bonds is 5. The van der Waals surface area contributed by atoms with Crippen LogP contribution in [-0.4, -0.2) is 30.7 Å². The molecule has 22 heavy (non-hydrogen) atoms. The van der Waals surface area contributed by atoms with Crippen LogP contribution in [0, 0.1) is 17.7 Å². The largest absolute Gasteiger partial charge is 0.355 e. The summed E-state index contributed by atoms with van der Waals surface area (Å²) in [4.78, 5) is 36.2. The van der Waals surface area contributed by atoms with Gasteiger partial charge in [-0.1, -0.05) is 12.1 Å². The summed E-state index contributed by atoms with van der Waals surface area (Å²) in [6, 6.07) is 5.45. The predicted octanol–water partition coefficient (Wildman–Crippen LogP) is 0.751. The van der Waals surface area contributed by atoms with E-state index in [0.717, 1.165) is 12.8 Å². The highest BCUT2D eigenvalue weighted by atomic mass is 19.1. The fourth-order valence-corrected chi connectivity index (χ4v) is 2.73. The Morgan fingerprint density at radius 1 is 1.23 bits per heavy atom. The molecule has 2 N–H and O–H groups in total. The van der Waals surface area contributed by atoms with E-state index < -0.39 is 29.3 Å². The zero-order valence-electron chi connectivity index (χ0n) is 12.0. The van der Waals surface area contributed by atoms with Gasteiger partial charge >= 0.3 is 0 Å². The van der Waals surface area contributed by atoms with Gasteiger partial charge in [0.25, 0.3) is 5.91 Å². The van der Waals surface area contributed by atoms with Crippen LogP contribution in [0.4, 0.5) is 4.39 Å². The molecule has 0 aromatic heterocycles. The number of hydrogen-bond acceptors (Lipinski definition) is 3. The second-order valence-electron chi connectivity index (χ2n) is 5.90. The summed E-state index contributed by atoms with van der Waals surface area (Å²) in [5, 5.41) is 5.24. The molecule has 5 nitrogen and oxygen atoms in total. The first kappa shape index (κ1) is 14.7. The first-order valence-electron chi connectivity index (χ1n) is 7.41. The minimum atomic E-state index is -0.739.